The number of nitrogens with two attached hydrogens (primary N) is 1. The monoisotopic (exact) mass is 354 g/mol. The van der Waals surface area contributed by atoms with Crippen molar-refractivity contribution in [1.82, 2.24) is 4.72 Å². The number of halogens is 2. The molecule has 6 nitrogen and oxygen atoms in total. The van der Waals surface area contributed by atoms with Gasteiger partial charge in [0.1, 0.15) is 12.4 Å². The molecular weight excluding hydrogens is 343 g/mol. The smallest absolute Gasteiger partial charge is 0.243 e. The van der Waals surface area contributed by atoms with Gasteiger partial charge >= 0.3 is 0 Å². The molecule has 0 aliphatic heterocycles. The summed E-state index contributed by atoms with van der Waals surface area (Å²) in [5, 5.41) is 0. The fourth-order valence-electron chi connectivity index (χ4n) is 1.19. The third-order valence-electron chi connectivity index (χ3n) is 1.97. The fraction of sp³-hybridized carbons (Fsp3) is 0.300. The lowest BCUT2D eigenvalue weighted by Crippen LogP contribution is -2.29. The van der Waals surface area contributed by atoms with Crippen LogP contribution in [0.15, 0.2) is 27.6 Å². The van der Waals surface area contributed by atoms with E-state index in [-0.39, 0.29) is 29.1 Å². The van der Waals surface area contributed by atoms with Crippen molar-refractivity contribution in [1.29, 1.82) is 0 Å². The van der Waals surface area contributed by atoms with E-state index in [2.05, 4.69) is 20.7 Å². The fourth-order valence-corrected chi connectivity index (χ4v) is 3.25. The minimum absolute atomic E-state index is 0.000976. The Morgan fingerprint density at radius 1 is 1.47 bits per heavy atom. The number of primary amides is 1. The highest BCUT2D eigenvalue weighted by Crippen LogP contribution is 2.22. The predicted octanol–water partition coefficient (Wildman–Crippen LogP) is 0.368. The lowest BCUT2D eigenvalue weighted by atomic mass is 10.3. The molecule has 0 aliphatic carbocycles. The van der Waals surface area contributed by atoms with E-state index in [0.717, 1.165) is 18.2 Å². The third kappa shape index (κ3) is 5.23. The molecule has 0 aromatic heterocycles. The Hall–Kier alpha value is -1.03. The van der Waals surface area contributed by atoms with Gasteiger partial charge in [-0.1, -0.05) is 0 Å². The molecule has 106 valence electrons. The van der Waals surface area contributed by atoms with Gasteiger partial charge in [-0.25, -0.2) is 17.5 Å². The predicted molar refractivity (Wildman–Crippen MR) is 69.3 cm³/mol. The van der Waals surface area contributed by atoms with E-state index >= 15 is 0 Å². The second-order valence-corrected chi connectivity index (χ2v) is 6.08. The van der Waals surface area contributed by atoms with Crippen molar-refractivity contribution in [2.24, 2.45) is 5.73 Å². The van der Waals surface area contributed by atoms with Gasteiger partial charge < -0.3 is 10.5 Å². The van der Waals surface area contributed by atoms with Crippen molar-refractivity contribution in [3.8, 4) is 0 Å². The van der Waals surface area contributed by atoms with Crippen LogP contribution in [0.1, 0.15) is 0 Å². The topological polar surface area (TPSA) is 98.5 Å². The van der Waals surface area contributed by atoms with E-state index in [9.17, 15) is 17.6 Å². The zero-order chi connectivity index (χ0) is 14.5. The first kappa shape index (κ1) is 16.0. The molecule has 0 saturated heterocycles. The Labute approximate surface area is 118 Å². The maximum Gasteiger partial charge on any atom is 0.243 e. The average molecular weight is 355 g/mol. The van der Waals surface area contributed by atoms with Crippen molar-refractivity contribution < 1.29 is 22.3 Å². The summed E-state index contributed by atoms with van der Waals surface area (Å²) < 4.78 is 43.7. The van der Waals surface area contributed by atoms with Crippen molar-refractivity contribution in [3.05, 3.63) is 28.5 Å². The number of hydrogen-bond acceptors (Lipinski definition) is 4. The number of nitrogens with one attached hydrogen (secondary N) is 1. The molecule has 9 heteroatoms. The van der Waals surface area contributed by atoms with Gasteiger partial charge in [-0.3, -0.25) is 4.79 Å². The maximum absolute atomic E-state index is 12.9. The molecule has 0 bridgehead atoms. The van der Waals surface area contributed by atoms with E-state index in [1.807, 2.05) is 0 Å². The molecule has 0 fully saturated rings. The Kier molecular flexibility index (Phi) is 5.85. The van der Waals surface area contributed by atoms with Gasteiger partial charge in [0.05, 0.1) is 11.5 Å². The zero-order valence-electron chi connectivity index (χ0n) is 9.73. The van der Waals surface area contributed by atoms with Gasteiger partial charge in [-0.05, 0) is 34.1 Å². The molecular formula is C10H12BrFN2O4S. The first-order chi connectivity index (χ1) is 8.83. The van der Waals surface area contributed by atoms with Gasteiger partial charge in [0.2, 0.25) is 15.9 Å². The molecule has 0 saturated carbocycles. The quantitative estimate of drug-likeness (QED) is 0.691. The van der Waals surface area contributed by atoms with E-state index in [1.54, 1.807) is 0 Å². The Morgan fingerprint density at radius 2 is 2.16 bits per heavy atom. The van der Waals surface area contributed by atoms with Crippen LogP contribution < -0.4 is 10.5 Å². The van der Waals surface area contributed by atoms with Crippen LogP contribution in [0.4, 0.5) is 4.39 Å². The Balaban J connectivity index is 2.59. The molecule has 0 aliphatic rings. The van der Waals surface area contributed by atoms with E-state index in [0.29, 0.717) is 0 Å². The number of amides is 1. The van der Waals surface area contributed by atoms with Crippen molar-refractivity contribution >= 4 is 31.9 Å². The highest BCUT2D eigenvalue weighted by atomic mass is 79.9. The van der Waals surface area contributed by atoms with Gasteiger partial charge in [-0.15, -0.1) is 0 Å². The van der Waals surface area contributed by atoms with E-state index in [4.69, 9.17) is 10.5 Å². The van der Waals surface area contributed by atoms with Gasteiger partial charge in [0.15, 0.2) is 0 Å². The summed E-state index contributed by atoms with van der Waals surface area (Å²) in [6.45, 7) is -0.303. The van der Waals surface area contributed by atoms with Crippen molar-refractivity contribution in [3.63, 3.8) is 0 Å². The van der Waals surface area contributed by atoms with Crippen LogP contribution in [-0.4, -0.2) is 34.1 Å². The summed E-state index contributed by atoms with van der Waals surface area (Å²) >= 11 is 2.97. The first-order valence-corrected chi connectivity index (χ1v) is 7.41. The SMILES string of the molecule is NC(=O)COCCNS(=O)(=O)c1ccc(F)cc1Br. The molecule has 0 spiro atoms. The summed E-state index contributed by atoms with van der Waals surface area (Å²) in [5.74, 6) is -1.18. The van der Waals surface area contributed by atoms with Crippen LogP contribution in [0, 0.1) is 5.82 Å². The standard InChI is InChI=1S/C10H12BrFN2O4S/c11-8-5-7(12)1-2-9(8)19(16,17)14-3-4-18-6-10(13)15/h1-2,5,14H,3-4,6H2,(H2,13,15). The minimum Gasteiger partial charge on any atom is -0.370 e. The Morgan fingerprint density at radius 3 is 2.74 bits per heavy atom. The van der Waals surface area contributed by atoms with Crippen LogP contribution >= 0.6 is 15.9 Å². The van der Waals surface area contributed by atoms with Crippen LogP contribution in [0.5, 0.6) is 0 Å². The maximum atomic E-state index is 12.9. The summed E-state index contributed by atoms with van der Waals surface area (Å²) in [6.07, 6.45) is 0. The molecule has 0 heterocycles. The van der Waals surface area contributed by atoms with Gasteiger partial charge in [0, 0.05) is 11.0 Å². The van der Waals surface area contributed by atoms with Crippen molar-refractivity contribution in [2.75, 3.05) is 19.8 Å². The number of hydrogen-bond donors (Lipinski definition) is 2. The molecule has 1 aromatic carbocycles. The molecule has 0 radical (unpaired) electrons. The first-order valence-electron chi connectivity index (χ1n) is 5.13. The summed E-state index contributed by atoms with van der Waals surface area (Å²) in [7, 11) is -3.77. The second-order valence-electron chi connectivity index (χ2n) is 3.49. The Bertz CT molecular complexity index is 565. The summed E-state index contributed by atoms with van der Waals surface area (Å²) in [5.41, 5.74) is 4.84. The molecule has 0 unspecified atom stereocenters. The van der Waals surface area contributed by atoms with Crippen molar-refractivity contribution in [2.45, 2.75) is 4.90 Å². The largest absolute Gasteiger partial charge is 0.370 e. The second kappa shape index (κ2) is 6.94. The lowest BCUT2D eigenvalue weighted by Gasteiger charge is -2.08. The van der Waals surface area contributed by atoms with Crippen LogP contribution in [0.3, 0.4) is 0 Å². The number of carbonyl (C=O) groups is 1. The molecule has 19 heavy (non-hydrogen) atoms. The average Bonchev–Trinajstić information content (AvgIpc) is 2.27. The normalized spacial score (nSPS) is 11.5. The van der Waals surface area contributed by atoms with Gasteiger partial charge in [-0.2, -0.15) is 0 Å². The summed E-state index contributed by atoms with van der Waals surface area (Å²) in [4.78, 5) is 10.3. The molecule has 0 atom stereocenters. The van der Waals surface area contributed by atoms with Crippen LogP contribution in [-0.2, 0) is 19.6 Å². The number of rotatable bonds is 7. The van der Waals surface area contributed by atoms with E-state index in [1.165, 1.54) is 0 Å². The minimum atomic E-state index is -3.77. The lowest BCUT2D eigenvalue weighted by molar-refractivity contribution is -0.122. The highest BCUT2D eigenvalue weighted by molar-refractivity contribution is 9.10. The number of benzene rings is 1. The molecule has 1 rings (SSSR count). The molecule has 3 N–H and O–H groups in total. The van der Waals surface area contributed by atoms with Crippen LogP contribution in [0.25, 0.3) is 0 Å². The number of sulfonamides is 1. The van der Waals surface area contributed by atoms with E-state index < -0.39 is 21.7 Å². The van der Waals surface area contributed by atoms with Crippen LogP contribution in [0.2, 0.25) is 0 Å². The molecule has 1 amide bonds. The number of carbonyl (C=O) groups excluding carboxylic acids is 1. The zero-order valence-corrected chi connectivity index (χ0v) is 12.1. The number of ether oxygens (including phenoxy) is 1. The summed E-state index contributed by atoms with van der Waals surface area (Å²) in [6, 6.07) is 3.24. The molecule has 1 aromatic rings. The third-order valence-corrected chi connectivity index (χ3v) is 4.40. The highest BCUT2D eigenvalue weighted by Gasteiger charge is 2.17. The van der Waals surface area contributed by atoms with Gasteiger partial charge in [0.25, 0.3) is 0 Å².